The molecule has 2 aromatic heterocycles. The minimum atomic E-state index is -0.443. The lowest BCUT2D eigenvalue weighted by Crippen LogP contribution is -2.30. The van der Waals surface area contributed by atoms with Gasteiger partial charge < -0.3 is 15.2 Å². The van der Waals surface area contributed by atoms with Gasteiger partial charge in [0.15, 0.2) is 0 Å². The first-order valence-corrected chi connectivity index (χ1v) is 12.4. The topological polar surface area (TPSA) is 110 Å². The van der Waals surface area contributed by atoms with Crippen LogP contribution in [0.4, 0.5) is 10.2 Å². The Morgan fingerprint density at radius 3 is 2.64 bits per heavy atom. The fourth-order valence-electron chi connectivity index (χ4n) is 4.45. The number of aryl methyl sites for hydroxylation is 1. The van der Waals surface area contributed by atoms with Gasteiger partial charge in [0.1, 0.15) is 11.6 Å². The normalized spacial score (nSPS) is 17.7. The zero-order chi connectivity index (χ0) is 25.4. The zero-order valence-electron chi connectivity index (χ0n) is 20.7. The third kappa shape index (κ3) is 5.15. The van der Waals surface area contributed by atoms with Gasteiger partial charge in [0.05, 0.1) is 6.04 Å². The lowest BCUT2D eigenvalue weighted by atomic mass is 9.94. The number of amides is 2. The van der Waals surface area contributed by atoms with E-state index in [9.17, 15) is 9.59 Å². The summed E-state index contributed by atoms with van der Waals surface area (Å²) in [6, 6.07) is 6.44. The minimum Gasteiger partial charge on any atom is -0.342 e. The third-order valence-corrected chi connectivity index (χ3v) is 6.64. The smallest absolute Gasteiger partial charge is 0.293 e. The number of aromatic nitrogens is 3. The summed E-state index contributed by atoms with van der Waals surface area (Å²) < 4.78 is 20.7. The third-order valence-electron chi connectivity index (χ3n) is 6.64. The van der Waals surface area contributed by atoms with Gasteiger partial charge >= 0.3 is 0 Å². The van der Waals surface area contributed by atoms with Crippen LogP contribution in [0.2, 0.25) is 0 Å². The molecule has 1 atom stereocenters. The molecule has 2 amide bonds. The molecule has 0 saturated heterocycles. The number of carbonyl (C=O) groups is 2. The molecule has 5 rings (SSSR count). The van der Waals surface area contributed by atoms with E-state index < -0.39 is 11.7 Å². The molecular weight excluding hydrogens is 461 g/mol. The summed E-state index contributed by atoms with van der Waals surface area (Å²) in [6.07, 6.45) is 6.65. The molecule has 0 bridgehead atoms. The maximum Gasteiger partial charge on any atom is 0.293 e. The zero-order valence-corrected chi connectivity index (χ0v) is 20.7. The van der Waals surface area contributed by atoms with Gasteiger partial charge in [-0.2, -0.15) is 4.98 Å². The summed E-state index contributed by atoms with van der Waals surface area (Å²) in [5, 5.41) is 9.64. The Morgan fingerprint density at radius 1 is 1.11 bits per heavy atom. The van der Waals surface area contributed by atoms with Crippen LogP contribution in [0.15, 0.2) is 35.0 Å². The van der Waals surface area contributed by atoms with Crippen molar-refractivity contribution in [2.75, 3.05) is 5.32 Å². The average Bonchev–Trinajstić information content (AvgIpc) is 3.59. The number of halogens is 1. The lowest BCUT2D eigenvalue weighted by Gasteiger charge is -2.20. The molecule has 9 heteroatoms. The van der Waals surface area contributed by atoms with Crippen LogP contribution in [0.25, 0.3) is 11.1 Å². The second-order valence-electron chi connectivity index (χ2n) is 10.7. The Hall–Kier alpha value is -3.62. The molecule has 8 nitrogen and oxygen atoms in total. The average molecular weight is 492 g/mol. The molecule has 2 N–H and O–H groups in total. The highest BCUT2D eigenvalue weighted by Gasteiger charge is 2.30. The molecule has 1 aromatic carbocycles. The Balaban J connectivity index is 1.39. The summed E-state index contributed by atoms with van der Waals surface area (Å²) in [7, 11) is 0. The van der Waals surface area contributed by atoms with E-state index in [-0.39, 0.29) is 29.1 Å². The van der Waals surface area contributed by atoms with Crippen molar-refractivity contribution < 1.29 is 18.5 Å². The quantitative estimate of drug-likeness (QED) is 0.480. The fourth-order valence-corrected chi connectivity index (χ4v) is 4.45. The van der Waals surface area contributed by atoms with E-state index in [1.807, 2.05) is 26.8 Å². The number of benzene rings is 1. The van der Waals surface area contributed by atoms with Gasteiger partial charge in [0.25, 0.3) is 11.7 Å². The summed E-state index contributed by atoms with van der Waals surface area (Å²) in [4.78, 5) is 33.5. The molecule has 0 spiro atoms. The van der Waals surface area contributed by atoms with E-state index in [0.29, 0.717) is 29.3 Å². The number of rotatable bonds is 5. The maximum absolute atomic E-state index is 15.4. The number of nitrogens with zero attached hydrogens (tertiary/aromatic N) is 3. The van der Waals surface area contributed by atoms with Gasteiger partial charge in [-0.05, 0) is 73.1 Å². The van der Waals surface area contributed by atoms with Crippen molar-refractivity contribution >= 4 is 17.6 Å². The van der Waals surface area contributed by atoms with Crippen LogP contribution in [-0.4, -0.2) is 26.9 Å². The Bertz CT molecular complexity index is 1310. The minimum absolute atomic E-state index is 0.0274. The molecule has 188 valence electrons. The number of hydrogen-bond acceptors (Lipinski definition) is 6. The molecule has 0 radical (unpaired) electrons. The monoisotopic (exact) mass is 491 g/mol. The summed E-state index contributed by atoms with van der Waals surface area (Å²) >= 11 is 0. The highest BCUT2D eigenvalue weighted by Crippen LogP contribution is 2.35. The Labute approximate surface area is 209 Å². The predicted molar refractivity (Wildman–Crippen MR) is 132 cm³/mol. The maximum atomic E-state index is 15.4. The first kappa shape index (κ1) is 24.1. The van der Waals surface area contributed by atoms with E-state index in [4.69, 9.17) is 4.52 Å². The molecule has 1 fully saturated rings. The first-order chi connectivity index (χ1) is 17.2. The van der Waals surface area contributed by atoms with Crippen molar-refractivity contribution in [3.05, 3.63) is 59.1 Å². The molecule has 1 saturated carbocycles. The number of anilines is 1. The number of nitrogens with one attached hydrogen (secondary N) is 2. The van der Waals surface area contributed by atoms with Crippen LogP contribution >= 0.6 is 0 Å². The van der Waals surface area contributed by atoms with Crippen LogP contribution < -0.4 is 10.6 Å². The molecule has 2 aliphatic rings. The van der Waals surface area contributed by atoms with E-state index in [2.05, 4.69) is 25.8 Å². The molecule has 1 unspecified atom stereocenters. The van der Waals surface area contributed by atoms with Crippen LogP contribution in [0.3, 0.4) is 0 Å². The second kappa shape index (κ2) is 9.44. The highest BCUT2D eigenvalue weighted by molar-refractivity contribution is 5.93. The van der Waals surface area contributed by atoms with Crippen molar-refractivity contribution in [3.63, 3.8) is 0 Å². The predicted octanol–water partition coefficient (Wildman–Crippen LogP) is 5.11. The molecule has 2 aliphatic carbocycles. The number of carbonyl (C=O) groups excluding carboxylic acids is 2. The second-order valence-corrected chi connectivity index (χ2v) is 10.7. The number of pyridine rings is 1. The van der Waals surface area contributed by atoms with Crippen molar-refractivity contribution in [1.29, 1.82) is 0 Å². The molecule has 0 aliphatic heterocycles. The van der Waals surface area contributed by atoms with E-state index in [1.165, 1.54) is 6.07 Å². The van der Waals surface area contributed by atoms with Crippen molar-refractivity contribution in [2.24, 2.45) is 5.92 Å². The number of hydrogen-bond donors (Lipinski definition) is 2. The van der Waals surface area contributed by atoms with Gasteiger partial charge in [-0.1, -0.05) is 32.3 Å². The van der Waals surface area contributed by atoms with Gasteiger partial charge in [0.2, 0.25) is 11.8 Å². The van der Waals surface area contributed by atoms with E-state index in [0.717, 1.165) is 43.2 Å². The van der Waals surface area contributed by atoms with Crippen molar-refractivity contribution in [3.8, 4) is 11.1 Å². The molecule has 2 heterocycles. The van der Waals surface area contributed by atoms with Gasteiger partial charge in [-0.15, -0.1) is 0 Å². The Kier molecular flexibility index (Phi) is 6.32. The summed E-state index contributed by atoms with van der Waals surface area (Å²) in [5.74, 6) is -0.0539. The van der Waals surface area contributed by atoms with Crippen molar-refractivity contribution in [2.45, 2.75) is 70.8 Å². The lowest BCUT2D eigenvalue weighted by molar-refractivity contribution is -0.117. The van der Waals surface area contributed by atoms with E-state index in [1.54, 1.807) is 18.3 Å². The van der Waals surface area contributed by atoms with Gasteiger partial charge in [-0.3, -0.25) is 9.59 Å². The first-order valence-electron chi connectivity index (χ1n) is 12.4. The largest absolute Gasteiger partial charge is 0.342 e. The SMILES string of the molecule is CC(C)(C)c1nc(C(=O)NC2CCCCc3cc(-c4ccnc(NC(=O)C5CC5)c4)c(F)cc32)no1. The van der Waals surface area contributed by atoms with Crippen LogP contribution in [0, 0.1) is 11.7 Å². The molecule has 3 aromatic rings. The van der Waals surface area contributed by atoms with E-state index >= 15 is 4.39 Å². The molecule has 36 heavy (non-hydrogen) atoms. The summed E-state index contributed by atoms with van der Waals surface area (Å²) in [6.45, 7) is 5.78. The molecular formula is C27H30FN5O3. The Morgan fingerprint density at radius 2 is 1.92 bits per heavy atom. The van der Waals surface area contributed by atoms with Gasteiger partial charge in [0, 0.05) is 23.1 Å². The summed E-state index contributed by atoms with van der Waals surface area (Å²) in [5.41, 5.74) is 2.46. The van der Waals surface area contributed by atoms with Crippen LogP contribution in [0.1, 0.15) is 86.6 Å². The standard InChI is InChI=1S/C27H30FN5O3/c1-27(2,3)26-32-23(33-36-26)25(35)30-21-7-5-4-6-16-12-18(20(28)14-19(16)21)17-10-11-29-22(13-17)31-24(34)15-8-9-15/h10-15,21H,4-9H2,1-3H3,(H,30,35)(H,29,31,34). The highest BCUT2D eigenvalue weighted by atomic mass is 19.1. The fraction of sp³-hybridized carbons (Fsp3) is 0.444. The van der Waals surface area contributed by atoms with Crippen LogP contribution in [0.5, 0.6) is 0 Å². The van der Waals surface area contributed by atoms with Gasteiger partial charge in [-0.25, -0.2) is 9.37 Å². The van der Waals surface area contributed by atoms with Crippen molar-refractivity contribution in [1.82, 2.24) is 20.4 Å². The van der Waals surface area contributed by atoms with Crippen LogP contribution in [-0.2, 0) is 16.6 Å². The number of fused-ring (bicyclic) bond motifs is 1.